The summed E-state index contributed by atoms with van der Waals surface area (Å²) in [7, 11) is -4.24. The highest BCUT2D eigenvalue weighted by atomic mass is 32.2. The van der Waals surface area contributed by atoms with Gasteiger partial charge >= 0.3 is 11.9 Å². The SMILES string of the molecule is CCCCCCCCCCCCCCCCCCCCCCCCOC(=O)c1ccccc1C(=O)OCCS(=O)(=O)O. The lowest BCUT2D eigenvalue weighted by atomic mass is 10.0. The maximum Gasteiger partial charge on any atom is 0.339 e. The van der Waals surface area contributed by atoms with E-state index in [9.17, 15) is 18.0 Å². The molecule has 42 heavy (non-hydrogen) atoms. The second kappa shape index (κ2) is 25.6. The minimum absolute atomic E-state index is 0.00641. The number of benzene rings is 1. The lowest BCUT2D eigenvalue weighted by Gasteiger charge is -2.09. The Morgan fingerprint density at radius 2 is 0.857 bits per heavy atom. The van der Waals surface area contributed by atoms with Crippen LogP contribution < -0.4 is 0 Å². The summed E-state index contributed by atoms with van der Waals surface area (Å²) in [5, 5.41) is 0. The molecule has 0 atom stereocenters. The number of esters is 2. The van der Waals surface area contributed by atoms with Gasteiger partial charge in [0.1, 0.15) is 12.4 Å². The predicted molar refractivity (Wildman–Crippen MR) is 171 cm³/mol. The van der Waals surface area contributed by atoms with Gasteiger partial charge in [-0.15, -0.1) is 0 Å². The Hall–Kier alpha value is -1.93. The van der Waals surface area contributed by atoms with E-state index in [4.69, 9.17) is 14.0 Å². The number of rotatable bonds is 28. The average Bonchev–Trinajstić information content (AvgIpc) is 2.96. The summed E-state index contributed by atoms with van der Waals surface area (Å²) in [5.41, 5.74) is 0.0834. The molecule has 0 unspecified atom stereocenters. The molecule has 0 saturated carbocycles. The first-order valence-electron chi connectivity index (χ1n) is 16.7. The Morgan fingerprint density at radius 3 is 1.19 bits per heavy atom. The standard InChI is InChI=1S/C34H58O7S/c1-2-3-4-5-6-7-8-9-10-11-12-13-14-15-16-17-18-19-20-21-22-25-28-40-33(35)31-26-23-24-27-32(31)34(36)41-29-30-42(37,38)39/h23-24,26-27H,2-22,25,28-30H2,1H3,(H,37,38,39). The molecule has 1 aromatic rings. The number of hydrogen-bond donors (Lipinski definition) is 1. The monoisotopic (exact) mass is 610 g/mol. The van der Waals surface area contributed by atoms with Crippen LogP contribution >= 0.6 is 0 Å². The van der Waals surface area contributed by atoms with E-state index in [1.807, 2.05) is 0 Å². The largest absolute Gasteiger partial charge is 0.462 e. The Morgan fingerprint density at radius 1 is 0.548 bits per heavy atom. The topological polar surface area (TPSA) is 107 Å². The first kappa shape index (κ1) is 38.1. The van der Waals surface area contributed by atoms with Crippen molar-refractivity contribution in [1.29, 1.82) is 0 Å². The van der Waals surface area contributed by atoms with Crippen molar-refractivity contribution in [2.45, 2.75) is 148 Å². The van der Waals surface area contributed by atoms with Crippen LogP contribution in [0.4, 0.5) is 0 Å². The molecule has 242 valence electrons. The van der Waals surface area contributed by atoms with E-state index in [1.165, 1.54) is 134 Å². The van der Waals surface area contributed by atoms with E-state index in [0.717, 1.165) is 19.3 Å². The first-order valence-corrected chi connectivity index (χ1v) is 18.3. The van der Waals surface area contributed by atoms with E-state index in [1.54, 1.807) is 12.1 Å². The maximum absolute atomic E-state index is 12.5. The van der Waals surface area contributed by atoms with Crippen LogP contribution in [0.3, 0.4) is 0 Å². The second-order valence-electron chi connectivity index (χ2n) is 11.5. The van der Waals surface area contributed by atoms with E-state index >= 15 is 0 Å². The van der Waals surface area contributed by atoms with Crippen molar-refractivity contribution < 1.29 is 32.0 Å². The van der Waals surface area contributed by atoms with Crippen LogP contribution in [0, 0.1) is 0 Å². The average molecular weight is 611 g/mol. The van der Waals surface area contributed by atoms with Gasteiger partial charge in [-0.2, -0.15) is 8.42 Å². The molecule has 8 heteroatoms. The smallest absolute Gasteiger partial charge is 0.339 e. The number of carbonyl (C=O) groups excluding carboxylic acids is 2. The van der Waals surface area contributed by atoms with Gasteiger partial charge in [0, 0.05) is 0 Å². The molecule has 0 aliphatic rings. The lowest BCUT2D eigenvalue weighted by Crippen LogP contribution is -2.18. The predicted octanol–water partition coefficient (Wildman–Crippen LogP) is 9.49. The molecule has 0 radical (unpaired) electrons. The van der Waals surface area contributed by atoms with Gasteiger partial charge in [0.25, 0.3) is 10.1 Å². The van der Waals surface area contributed by atoms with Crippen molar-refractivity contribution in [3.05, 3.63) is 35.4 Å². The van der Waals surface area contributed by atoms with Gasteiger partial charge in [-0.1, -0.05) is 154 Å². The van der Waals surface area contributed by atoms with Crippen LogP contribution in [0.25, 0.3) is 0 Å². The molecule has 0 amide bonds. The minimum atomic E-state index is -4.24. The summed E-state index contributed by atoms with van der Waals surface area (Å²) < 4.78 is 40.5. The van der Waals surface area contributed by atoms with Gasteiger partial charge in [-0.05, 0) is 18.6 Å². The van der Waals surface area contributed by atoms with Gasteiger partial charge < -0.3 is 9.47 Å². The Kier molecular flexibility index (Phi) is 23.2. The van der Waals surface area contributed by atoms with Crippen LogP contribution in [-0.4, -0.2) is 43.9 Å². The first-order chi connectivity index (χ1) is 20.3. The van der Waals surface area contributed by atoms with Gasteiger partial charge in [-0.3, -0.25) is 4.55 Å². The van der Waals surface area contributed by atoms with Crippen molar-refractivity contribution in [3.63, 3.8) is 0 Å². The molecule has 0 aromatic heterocycles. The number of carbonyl (C=O) groups is 2. The van der Waals surface area contributed by atoms with E-state index in [0.29, 0.717) is 0 Å². The fourth-order valence-corrected chi connectivity index (χ4v) is 5.40. The van der Waals surface area contributed by atoms with Gasteiger partial charge in [0.2, 0.25) is 0 Å². The van der Waals surface area contributed by atoms with Crippen molar-refractivity contribution in [1.82, 2.24) is 0 Å². The van der Waals surface area contributed by atoms with Crippen molar-refractivity contribution in [3.8, 4) is 0 Å². The summed E-state index contributed by atoms with van der Waals surface area (Å²) in [6, 6.07) is 6.09. The van der Waals surface area contributed by atoms with E-state index in [-0.39, 0.29) is 17.7 Å². The fourth-order valence-electron chi connectivity index (χ4n) is 5.11. The summed E-state index contributed by atoms with van der Waals surface area (Å²) in [6.07, 6.45) is 29.0. The van der Waals surface area contributed by atoms with Gasteiger partial charge in [-0.25, -0.2) is 9.59 Å². The second-order valence-corrected chi connectivity index (χ2v) is 13.1. The molecule has 0 fully saturated rings. The fraction of sp³-hybridized carbons (Fsp3) is 0.765. The van der Waals surface area contributed by atoms with Crippen LogP contribution in [0.1, 0.15) is 169 Å². The highest BCUT2D eigenvalue weighted by Gasteiger charge is 2.19. The summed E-state index contributed by atoms with van der Waals surface area (Å²) in [5.74, 6) is -2.15. The summed E-state index contributed by atoms with van der Waals surface area (Å²) in [4.78, 5) is 24.7. The Balaban J connectivity index is 1.93. The molecule has 1 aromatic carbocycles. The van der Waals surface area contributed by atoms with Gasteiger partial charge in [0.15, 0.2) is 0 Å². The Bertz CT molecular complexity index is 930. The normalized spacial score (nSPS) is 11.5. The molecule has 0 aliphatic heterocycles. The van der Waals surface area contributed by atoms with E-state index in [2.05, 4.69) is 6.92 Å². The number of unbranched alkanes of at least 4 members (excludes halogenated alkanes) is 21. The Labute approximate surface area is 256 Å². The molecule has 0 bridgehead atoms. The summed E-state index contributed by atoms with van der Waals surface area (Å²) >= 11 is 0. The number of ether oxygens (including phenoxy) is 2. The molecule has 1 N–H and O–H groups in total. The zero-order valence-corrected chi connectivity index (χ0v) is 27.1. The molecule has 1 rings (SSSR count). The van der Waals surface area contributed by atoms with Crippen molar-refractivity contribution in [2.24, 2.45) is 0 Å². The quantitative estimate of drug-likeness (QED) is 0.0572. The van der Waals surface area contributed by atoms with Crippen LogP contribution in [-0.2, 0) is 19.6 Å². The van der Waals surface area contributed by atoms with Gasteiger partial charge in [0.05, 0.1) is 17.7 Å². The van der Waals surface area contributed by atoms with E-state index < -0.39 is 34.4 Å². The minimum Gasteiger partial charge on any atom is -0.462 e. The number of hydrogen-bond acceptors (Lipinski definition) is 6. The zero-order valence-electron chi connectivity index (χ0n) is 26.3. The molecule has 0 spiro atoms. The van der Waals surface area contributed by atoms with Crippen LogP contribution in [0.5, 0.6) is 0 Å². The molecule has 7 nitrogen and oxygen atoms in total. The molecular formula is C34H58O7S. The van der Waals surface area contributed by atoms with Crippen molar-refractivity contribution >= 4 is 22.1 Å². The lowest BCUT2D eigenvalue weighted by molar-refractivity contribution is 0.0463. The third-order valence-corrected chi connectivity index (χ3v) is 8.35. The molecule has 0 saturated heterocycles. The summed E-state index contributed by atoms with van der Waals surface area (Å²) in [6.45, 7) is 2.06. The molecule has 0 heterocycles. The van der Waals surface area contributed by atoms with Crippen molar-refractivity contribution in [2.75, 3.05) is 19.0 Å². The molecule has 0 aliphatic carbocycles. The third-order valence-electron chi connectivity index (χ3n) is 7.67. The highest BCUT2D eigenvalue weighted by Crippen LogP contribution is 2.16. The third kappa shape index (κ3) is 21.7. The maximum atomic E-state index is 12.5. The highest BCUT2D eigenvalue weighted by molar-refractivity contribution is 7.85. The van der Waals surface area contributed by atoms with Crippen LogP contribution in [0.15, 0.2) is 24.3 Å². The van der Waals surface area contributed by atoms with Crippen LogP contribution in [0.2, 0.25) is 0 Å². The molecular weight excluding hydrogens is 552 g/mol. The zero-order chi connectivity index (χ0) is 30.7.